The van der Waals surface area contributed by atoms with Gasteiger partial charge < -0.3 is 14.2 Å². The van der Waals surface area contributed by atoms with Crippen LogP contribution in [0.2, 0.25) is 0 Å². The smallest absolute Gasteiger partial charge is 0.306 e. The maximum Gasteiger partial charge on any atom is 0.306 e. The summed E-state index contributed by atoms with van der Waals surface area (Å²) in [5.41, 5.74) is 0. The highest BCUT2D eigenvalue weighted by Crippen LogP contribution is 2.19. The molecular formula is C77H142O6. The third kappa shape index (κ3) is 70.0. The van der Waals surface area contributed by atoms with E-state index in [1.165, 1.54) is 295 Å². The topological polar surface area (TPSA) is 78.9 Å². The number of carbonyl (C=O) groups excluding carboxylic acids is 3. The fraction of sp³-hybridized carbons (Fsp3) is 0.857. The molecule has 0 radical (unpaired) electrons. The summed E-state index contributed by atoms with van der Waals surface area (Å²) in [7, 11) is 0. The Kier molecular flexibility index (Phi) is 69.6. The number of allylic oxidation sites excluding steroid dienone is 8. The van der Waals surface area contributed by atoms with E-state index in [1.54, 1.807) is 0 Å². The molecule has 0 N–H and O–H groups in total. The fourth-order valence-electron chi connectivity index (χ4n) is 11.2. The number of ether oxygens (including phenoxy) is 3. The second-order valence-electron chi connectivity index (χ2n) is 25.2. The lowest BCUT2D eigenvalue weighted by molar-refractivity contribution is -0.167. The minimum Gasteiger partial charge on any atom is -0.462 e. The third-order valence-electron chi connectivity index (χ3n) is 16.8. The minimum atomic E-state index is -0.778. The Morgan fingerprint density at radius 2 is 0.434 bits per heavy atom. The van der Waals surface area contributed by atoms with E-state index in [4.69, 9.17) is 14.2 Å². The Morgan fingerprint density at radius 1 is 0.241 bits per heavy atom. The number of carbonyl (C=O) groups is 3. The summed E-state index contributed by atoms with van der Waals surface area (Å²) in [5.74, 6) is -0.851. The van der Waals surface area contributed by atoms with E-state index < -0.39 is 6.10 Å². The number of rotatable bonds is 69. The molecule has 0 aromatic heterocycles. The quantitative estimate of drug-likeness (QED) is 0.0261. The molecule has 0 rings (SSSR count). The zero-order chi connectivity index (χ0) is 59.9. The van der Waals surface area contributed by atoms with Crippen LogP contribution in [0.3, 0.4) is 0 Å². The van der Waals surface area contributed by atoms with Crippen molar-refractivity contribution in [1.82, 2.24) is 0 Å². The summed E-state index contributed by atoms with van der Waals surface area (Å²) in [5, 5.41) is 0. The zero-order valence-electron chi connectivity index (χ0n) is 56.0. The molecule has 0 aliphatic rings. The first-order chi connectivity index (χ1) is 41.0. The highest BCUT2D eigenvalue weighted by Gasteiger charge is 2.19. The van der Waals surface area contributed by atoms with Crippen LogP contribution in [0.15, 0.2) is 48.6 Å². The SMILES string of the molecule is CCCCC/C=C\C/C=C\CCCCCCCCCCCC(=O)OCC(COC(=O)CCCCCCCCCCCCCCCCCCCCCCCCCCCCC)OC(=O)CCCCCCCCCCC/C=C\C/C=C\CCCCC. The van der Waals surface area contributed by atoms with Crippen LogP contribution >= 0.6 is 0 Å². The molecule has 0 aromatic carbocycles. The lowest BCUT2D eigenvalue weighted by atomic mass is 10.0. The van der Waals surface area contributed by atoms with Crippen LogP contribution in [-0.2, 0) is 28.6 Å². The van der Waals surface area contributed by atoms with Gasteiger partial charge in [0.05, 0.1) is 0 Å². The van der Waals surface area contributed by atoms with Gasteiger partial charge in [-0.05, 0) is 83.5 Å². The molecule has 0 heterocycles. The summed E-state index contributed by atoms with van der Waals surface area (Å²) < 4.78 is 17.0. The van der Waals surface area contributed by atoms with E-state index in [9.17, 15) is 14.4 Å². The molecule has 0 aliphatic carbocycles. The van der Waals surface area contributed by atoms with Crippen LogP contribution in [0.5, 0.6) is 0 Å². The Bertz CT molecular complexity index is 1430. The maximum atomic E-state index is 13.0. The summed E-state index contributed by atoms with van der Waals surface area (Å²) in [4.78, 5) is 38.5. The molecule has 0 saturated carbocycles. The molecule has 6 nitrogen and oxygen atoms in total. The van der Waals surface area contributed by atoms with Gasteiger partial charge in [-0.2, -0.15) is 0 Å². The molecule has 0 fully saturated rings. The molecule has 1 atom stereocenters. The molecule has 486 valence electrons. The van der Waals surface area contributed by atoms with Crippen LogP contribution in [0.4, 0.5) is 0 Å². The molecule has 1 unspecified atom stereocenters. The van der Waals surface area contributed by atoms with Crippen molar-refractivity contribution in [3.63, 3.8) is 0 Å². The molecule has 6 heteroatoms. The summed E-state index contributed by atoms with van der Waals surface area (Å²) >= 11 is 0. The van der Waals surface area contributed by atoms with E-state index in [-0.39, 0.29) is 31.1 Å². The molecule has 0 bridgehead atoms. The highest BCUT2D eigenvalue weighted by atomic mass is 16.6. The minimum absolute atomic E-state index is 0.0717. The van der Waals surface area contributed by atoms with E-state index in [0.29, 0.717) is 19.3 Å². The summed E-state index contributed by atoms with van der Waals surface area (Å²) in [6.07, 6.45) is 91.5. The molecular weight excluding hydrogens is 1020 g/mol. The predicted octanol–water partition coefficient (Wildman–Crippen LogP) is 25.7. The maximum absolute atomic E-state index is 13.0. The van der Waals surface area contributed by atoms with E-state index in [1.807, 2.05) is 0 Å². The van der Waals surface area contributed by atoms with Crippen molar-refractivity contribution in [2.24, 2.45) is 0 Å². The zero-order valence-corrected chi connectivity index (χ0v) is 56.0. The van der Waals surface area contributed by atoms with Gasteiger partial charge in [0.25, 0.3) is 0 Å². The number of esters is 3. The van der Waals surface area contributed by atoms with E-state index >= 15 is 0 Å². The van der Waals surface area contributed by atoms with E-state index in [0.717, 1.165) is 70.6 Å². The van der Waals surface area contributed by atoms with Crippen molar-refractivity contribution in [3.05, 3.63) is 48.6 Å². The van der Waals surface area contributed by atoms with Crippen molar-refractivity contribution < 1.29 is 28.6 Å². The Balaban J connectivity index is 4.27. The second kappa shape index (κ2) is 71.8. The largest absolute Gasteiger partial charge is 0.462 e. The van der Waals surface area contributed by atoms with Gasteiger partial charge in [0, 0.05) is 19.3 Å². The highest BCUT2D eigenvalue weighted by molar-refractivity contribution is 5.71. The van der Waals surface area contributed by atoms with Gasteiger partial charge in [-0.15, -0.1) is 0 Å². The van der Waals surface area contributed by atoms with Crippen molar-refractivity contribution >= 4 is 17.9 Å². The second-order valence-corrected chi connectivity index (χ2v) is 25.2. The molecule has 83 heavy (non-hydrogen) atoms. The number of hydrogen-bond acceptors (Lipinski definition) is 6. The monoisotopic (exact) mass is 1160 g/mol. The van der Waals surface area contributed by atoms with Crippen molar-refractivity contribution in [2.75, 3.05) is 13.2 Å². The van der Waals surface area contributed by atoms with Crippen molar-refractivity contribution in [2.45, 2.75) is 412 Å². The third-order valence-corrected chi connectivity index (χ3v) is 16.8. The Morgan fingerprint density at radius 3 is 0.687 bits per heavy atom. The molecule has 0 amide bonds. The first-order valence-corrected chi connectivity index (χ1v) is 37.1. The van der Waals surface area contributed by atoms with Crippen LogP contribution in [-0.4, -0.2) is 37.2 Å². The molecule has 0 saturated heterocycles. The Labute approximate surface area is 518 Å². The predicted molar refractivity (Wildman–Crippen MR) is 362 cm³/mol. The van der Waals surface area contributed by atoms with Gasteiger partial charge in [-0.1, -0.05) is 352 Å². The normalized spacial score (nSPS) is 12.3. The lowest BCUT2D eigenvalue weighted by Crippen LogP contribution is -2.30. The van der Waals surface area contributed by atoms with Crippen LogP contribution in [0, 0.1) is 0 Å². The average molecular weight is 1160 g/mol. The van der Waals surface area contributed by atoms with Crippen LogP contribution in [0.1, 0.15) is 406 Å². The number of unbranched alkanes of at least 4 members (excludes halogenated alkanes) is 50. The van der Waals surface area contributed by atoms with E-state index in [2.05, 4.69) is 69.4 Å². The van der Waals surface area contributed by atoms with Crippen LogP contribution in [0.25, 0.3) is 0 Å². The van der Waals surface area contributed by atoms with Gasteiger partial charge in [-0.25, -0.2) is 0 Å². The van der Waals surface area contributed by atoms with Gasteiger partial charge in [0.2, 0.25) is 0 Å². The average Bonchev–Trinajstić information content (AvgIpc) is 3.50. The van der Waals surface area contributed by atoms with Crippen molar-refractivity contribution in [3.8, 4) is 0 Å². The summed E-state index contributed by atoms with van der Waals surface area (Å²) in [6, 6.07) is 0. The standard InChI is InChI=1S/C77H142O6/c1-4-7-10-13-16-19-22-25-28-31-34-35-36-37-38-39-40-41-44-46-49-52-55-58-61-64-67-70-76(79)82-73-74(83-77(80)71-68-65-62-59-56-53-50-47-43-33-30-27-24-21-18-15-12-9-6-3)72-81-75(78)69-66-63-60-57-54-51-48-45-42-32-29-26-23-20-17-14-11-8-5-2/h17-18,20-21,26-27,29-30,74H,4-16,19,22-25,28,31-73H2,1-3H3/b20-17-,21-18-,29-26-,30-27-. The lowest BCUT2D eigenvalue weighted by Gasteiger charge is -2.18. The summed E-state index contributed by atoms with van der Waals surface area (Å²) in [6.45, 7) is 6.66. The van der Waals surface area contributed by atoms with Gasteiger partial charge in [-0.3, -0.25) is 14.4 Å². The first-order valence-electron chi connectivity index (χ1n) is 37.1. The first kappa shape index (κ1) is 80.4. The molecule has 0 spiro atoms. The van der Waals surface area contributed by atoms with Gasteiger partial charge >= 0.3 is 17.9 Å². The molecule has 0 aromatic rings. The van der Waals surface area contributed by atoms with Gasteiger partial charge in [0.15, 0.2) is 6.10 Å². The number of hydrogen-bond donors (Lipinski definition) is 0. The molecule has 0 aliphatic heterocycles. The fourth-order valence-corrected chi connectivity index (χ4v) is 11.2. The van der Waals surface area contributed by atoms with Crippen molar-refractivity contribution in [1.29, 1.82) is 0 Å². The van der Waals surface area contributed by atoms with Crippen LogP contribution < -0.4 is 0 Å². The Hall–Kier alpha value is -2.63. The van der Waals surface area contributed by atoms with Gasteiger partial charge in [0.1, 0.15) is 13.2 Å².